The molecule has 0 aromatic heterocycles. The van der Waals surface area contributed by atoms with Crippen LogP contribution >= 0.6 is 11.6 Å². The number of halogens is 1. The average molecular weight is 283 g/mol. The Hall–Kier alpha value is -1.26. The van der Waals surface area contributed by atoms with Crippen LogP contribution in [0.25, 0.3) is 0 Å². The molecule has 4 nitrogen and oxygen atoms in total. The van der Waals surface area contributed by atoms with Crippen LogP contribution in [0.15, 0.2) is 24.3 Å². The minimum Gasteiger partial charge on any atom is -0.492 e. The van der Waals surface area contributed by atoms with Crippen molar-refractivity contribution in [2.45, 2.75) is 25.3 Å². The zero-order valence-corrected chi connectivity index (χ0v) is 11.6. The van der Waals surface area contributed by atoms with Crippen LogP contribution in [-0.2, 0) is 4.79 Å². The molecule has 1 heterocycles. The Morgan fingerprint density at radius 1 is 1.47 bits per heavy atom. The van der Waals surface area contributed by atoms with Gasteiger partial charge in [-0.1, -0.05) is 24.1 Å². The normalized spacial score (nSPS) is 18.9. The van der Waals surface area contributed by atoms with Gasteiger partial charge in [0.1, 0.15) is 12.4 Å². The third-order valence-corrected chi connectivity index (χ3v) is 3.33. The summed E-state index contributed by atoms with van der Waals surface area (Å²) in [6.45, 7) is 1.87. The number of amides is 1. The highest BCUT2D eigenvalue weighted by molar-refractivity contribution is 6.30. The minimum atomic E-state index is -0.0417. The van der Waals surface area contributed by atoms with Crippen molar-refractivity contribution in [3.05, 3.63) is 29.3 Å². The minimum absolute atomic E-state index is 0.0417. The molecule has 0 radical (unpaired) electrons. The first-order valence-corrected chi connectivity index (χ1v) is 7.03. The molecule has 0 spiro atoms. The molecule has 0 bridgehead atoms. The van der Waals surface area contributed by atoms with E-state index in [0.717, 1.165) is 31.6 Å². The summed E-state index contributed by atoms with van der Waals surface area (Å²) in [5, 5.41) is 6.74. The molecule has 1 amide bonds. The Kier molecular flexibility index (Phi) is 5.48. The van der Waals surface area contributed by atoms with Crippen molar-refractivity contribution < 1.29 is 9.53 Å². The van der Waals surface area contributed by atoms with E-state index in [0.29, 0.717) is 18.2 Å². The molecule has 0 aliphatic carbocycles. The van der Waals surface area contributed by atoms with Gasteiger partial charge in [0.2, 0.25) is 5.91 Å². The summed E-state index contributed by atoms with van der Waals surface area (Å²) in [5.74, 6) is 0.784. The summed E-state index contributed by atoms with van der Waals surface area (Å²) in [7, 11) is 0. The highest BCUT2D eigenvalue weighted by Gasteiger charge is 2.19. The predicted octanol–water partition coefficient (Wildman–Crippen LogP) is 1.98. The van der Waals surface area contributed by atoms with Gasteiger partial charge >= 0.3 is 0 Å². The van der Waals surface area contributed by atoms with Crippen LogP contribution in [0.4, 0.5) is 0 Å². The molecule has 2 rings (SSSR count). The van der Waals surface area contributed by atoms with Crippen LogP contribution in [0.2, 0.25) is 5.02 Å². The third kappa shape index (κ3) is 4.73. The SMILES string of the molecule is O=C(NCCOc1cccc(Cl)c1)C1CCCCN1. The third-order valence-electron chi connectivity index (χ3n) is 3.09. The van der Waals surface area contributed by atoms with E-state index >= 15 is 0 Å². The summed E-state index contributed by atoms with van der Waals surface area (Å²) < 4.78 is 5.50. The summed E-state index contributed by atoms with van der Waals surface area (Å²) in [6, 6.07) is 7.19. The molecule has 19 heavy (non-hydrogen) atoms. The van der Waals surface area contributed by atoms with Crippen molar-refractivity contribution in [3.8, 4) is 5.75 Å². The first kappa shape index (κ1) is 14.2. The Bertz CT molecular complexity index is 420. The van der Waals surface area contributed by atoms with Crippen LogP contribution in [0.1, 0.15) is 19.3 Å². The standard InChI is InChI=1S/C14H19ClN2O2/c15-11-4-3-5-12(10-11)19-9-8-17-14(18)13-6-1-2-7-16-13/h3-5,10,13,16H,1-2,6-9H2,(H,17,18). The second kappa shape index (κ2) is 7.36. The number of hydrogen-bond donors (Lipinski definition) is 2. The highest BCUT2D eigenvalue weighted by Crippen LogP contribution is 2.16. The number of benzene rings is 1. The first-order valence-electron chi connectivity index (χ1n) is 6.65. The fraction of sp³-hybridized carbons (Fsp3) is 0.500. The summed E-state index contributed by atoms with van der Waals surface area (Å²) in [6.07, 6.45) is 3.19. The molecule has 104 valence electrons. The van der Waals surface area contributed by atoms with Gasteiger partial charge in [-0.2, -0.15) is 0 Å². The van der Waals surface area contributed by atoms with Crippen LogP contribution < -0.4 is 15.4 Å². The molecule has 1 fully saturated rings. The number of rotatable bonds is 5. The fourth-order valence-electron chi connectivity index (χ4n) is 2.10. The van der Waals surface area contributed by atoms with Crippen molar-refractivity contribution in [3.63, 3.8) is 0 Å². The number of nitrogens with one attached hydrogen (secondary N) is 2. The maximum Gasteiger partial charge on any atom is 0.237 e. The number of hydrogen-bond acceptors (Lipinski definition) is 3. The van der Waals surface area contributed by atoms with Crippen LogP contribution in [0, 0.1) is 0 Å². The van der Waals surface area contributed by atoms with Gasteiger partial charge in [-0.05, 0) is 37.6 Å². The zero-order chi connectivity index (χ0) is 13.5. The molecule has 2 N–H and O–H groups in total. The second-order valence-corrected chi connectivity index (χ2v) is 5.04. The van der Waals surface area contributed by atoms with E-state index in [1.807, 2.05) is 12.1 Å². The molecular formula is C14H19ClN2O2. The predicted molar refractivity (Wildman–Crippen MR) is 75.6 cm³/mol. The van der Waals surface area contributed by atoms with E-state index in [9.17, 15) is 4.79 Å². The number of carbonyl (C=O) groups is 1. The van der Waals surface area contributed by atoms with E-state index in [-0.39, 0.29) is 11.9 Å². The average Bonchev–Trinajstić information content (AvgIpc) is 2.44. The van der Waals surface area contributed by atoms with E-state index in [1.54, 1.807) is 12.1 Å². The maximum absolute atomic E-state index is 11.8. The molecule has 1 aliphatic heterocycles. The Morgan fingerprint density at radius 2 is 2.37 bits per heavy atom. The van der Waals surface area contributed by atoms with Crippen molar-refractivity contribution >= 4 is 17.5 Å². The van der Waals surface area contributed by atoms with E-state index < -0.39 is 0 Å². The Morgan fingerprint density at radius 3 is 3.11 bits per heavy atom. The molecule has 1 aromatic carbocycles. The summed E-state index contributed by atoms with van der Waals surface area (Å²) >= 11 is 5.85. The topological polar surface area (TPSA) is 50.4 Å². The smallest absolute Gasteiger partial charge is 0.237 e. The molecular weight excluding hydrogens is 264 g/mol. The lowest BCUT2D eigenvalue weighted by Crippen LogP contribution is -2.47. The lowest BCUT2D eigenvalue weighted by Gasteiger charge is -2.22. The number of ether oxygens (including phenoxy) is 1. The molecule has 0 saturated carbocycles. The van der Waals surface area contributed by atoms with Crippen molar-refractivity contribution in [2.24, 2.45) is 0 Å². The van der Waals surface area contributed by atoms with Crippen LogP contribution in [0.3, 0.4) is 0 Å². The van der Waals surface area contributed by atoms with Gasteiger partial charge in [0, 0.05) is 5.02 Å². The zero-order valence-electron chi connectivity index (χ0n) is 10.8. The summed E-state index contributed by atoms with van der Waals surface area (Å²) in [5.41, 5.74) is 0. The lowest BCUT2D eigenvalue weighted by molar-refractivity contribution is -0.123. The maximum atomic E-state index is 11.8. The summed E-state index contributed by atoms with van der Waals surface area (Å²) in [4.78, 5) is 11.8. The second-order valence-electron chi connectivity index (χ2n) is 4.60. The molecule has 1 aromatic rings. The molecule has 1 unspecified atom stereocenters. The number of carbonyl (C=O) groups excluding carboxylic acids is 1. The number of piperidine rings is 1. The highest BCUT2D eigenvalue weighted by atomic mass is 35.5. The monoisotopic (exact) mass is 282 g/mol. The van der Waals surface area contributed by atoms with Gasteiger partial charge in [0.15, 0.2) is 0 Å². The van der Waals surface area contributed by atoms with Gasteiger partial charge in [-0.25, -0.2) is 0 Å². The van der Waals surface area contributed by atoms with Crippen LogP contribution in [0.5, 0.6) is 5.75 Å². The van der Waals surface area contributed by atoms with Crippen molar-refractivity contribution in [1.82, 2.24) is 10.6 Å². The van der Waals surface area contributed by atoms with Crippen molar-refractivity contribution in [1.29, 1.82) is 0 Å². The van der Waals surface area contributed by atoms with Gasteiger partial charge in [-0.3, -0.25) is 4.79 Å². The molecule has 1 saturated heterocycles. The Labute approximate surface area is 118 Å². The van der Waals surface area contributed by atoms with Gasteiger partial charge in [0.25, 0.3) is 0 Å². The Balaban J connectivity index is 1.65. The quantitative estimate of drug-likeness (QED) is 0.812. The van der Waals surface area contributed by atoms with Crippen molar-refractivity contribution in [2.75, 3.05) is 19.7 Å². The van der Waals surface area contributed by atoms with Gasteiger partial charge in [0.05, 0.1) is 12.6 Å². The molecule has 1 atom stereocenters. The fourth-order valence-corrected chi connectivity index (χ4v) is 2.28. The molecule has 1 aliphatic rings. The largest absolute Gasteiger partial charge is 0.492 e. The van der Waals surface area contributed by atoms with Gasteiger partial charge in [-0.15, -0.1) is 0 Å². The van der Waals surface area contributed by atoms with Gasteiger partial charge < -0.3 is 15.4 Å². The van der Waals surface area contributed by atoms with E-state index in [2.05, 4.69) is 10.6 Å². The van der Waals surface area contributed by atoms with E-state index in [1.165, 1.54) is 0 Å². The van der Waals surface area contributed by atoms with Crippen LogP contribution in [-0.4, -0.2) is 31.6 Å². The van der Waals surface area contributed by atoms with E-state index in [4.69, 9.17) is 16.3 Å². The lowest BCUT2D eigenvalue weighted by atomic mass is 10.0. The first-order chi connectivity index (χ1) is 9.25. The molecule has 5 heteroatoms.